The van der Waals surface area contributed by atoms with Crippen molar-refractivity contribution in [1.82, 2.24) is 0 Å². The van der Waals surface area contributed by atoms with E-state index in [9.17, 15) is 4.79 Å². The highest BCUT2D eigenvalue weighted by molar-refractivity contribution is 9.10. The monoisotopic (exact) mass is 348 g/mol. The minimum Gasteiger partial charge on any atom is -0.399 e. The zero-order chi connectivity index (χ0) is 15.2. The van der Waals surface area contributed by atoms with E-state index in [4.69, 9.17) is 10.5 Å². The fourth-order valence-corrected chi connectivity index (χ4v) is 2.07. The fourth-order valence-electron chi connectivity index (χ4n) is 1.80. The van der Waals surface area contributed by atoms with Gasteiger partial charge in [0, 0.05) is 15.8 Å². The van der Waals surface area contributed by atoms with E-state index < -0.39 is 0 Å². The van der Waals surface area contributed by atoms with Crippen molar-refractivity contribution < 1.29 is 9.53 Å². The van der Waals surface area contributed by atoms with Crippen LogP contribution in [0.3, 0.4) is 0 Å². The predicted molar refractivity (Wildman–Crippen MR) is 88.0 cm³/mol. The van der Waals surface area contributed by atoms with Crippen molar-refractivity contribution >= 4 is 33.2 Å². The number of carbonyl (C=O) groups excluding carboxylic acids is 1. The number of ether oxygens (including phenoxy) is 1. The molecule has 0 aromatic heterocycles. The van der Waals surface area contributed by atoms with Crippen LogP contribution in [-0.4, -0.2) is 12.5 Å². The van der Waals surface area contributed by atoms with E-state index in [0.717, 1.165) is 15.6 Å². The Labute approximate surface area is 132 Å². The summed E-state index contributed by atoms with van der Waals surface area (Å²) >= 11 is 3.37. The second kappa shape index (κ2) is 7.24. The van der Waals surface area contributed by atoms with Crippen LogP contribution in [0.1, 0.15) is 11.1 Å². The van der Waals surface area contributed by atoms with Gasteiger partial charge in [0.1, 0.15) is 6.61 Å². The van der Waals surface area contributed by atoms with Gasteiger partial charge in [-0.15, -0.1) is 0 Å². The van der Waals surface area contributed by atoms with E-state index in [1.807, 2.05) is 37.3 Å². The number of carbonyl (C=O) groups is 1. The maximum atomic E-state index is 11.8. The molecule has 0 aliphatic rings. The first-order chi connectivity index (χ1) is 10.0. The van der Waals surface area contributed by atoms with Crippen molar-refractivity contribution in [3.63, 3.8) is 0 Å². The van der Waals surface area contributed by atoms with Crippen LogP contribution < -0.4 is 11.1 Å². The Balaban J connectivity index is 1.82. The van der Waals surface area contributed by atoms with Crippen molar-refractivity contribution in [1.29, 1.82) is 0 Å². The van der Waals surface area contributed by atoms with Crippen LogP contribution in [0, 0.1) is 6.92 Å². The summed E-state index contributed by atoms with van der Waals surface area (Å²) in [4.78, 5) is 11.8. The number of nitrogens with one attached hydrogen (secondary N) is 1. The smallest absolute Gasteiger partial charge is 0.250 e. The third-order valence-corrected chi connectivity index (χ3v) is 3.48. The van der Waals surface area contributed by atoms with Gasteiger partial charge in [0.2, 0.25) is 5.91 Å². The molecule has 0 radical (unpaired) electrons. The number of anilines is 2. The van der Waals surface area contributed by atoms with Gasteiger partial charge in [-0.3, -0.25) is 4.79 Å². The summed E-state index contributed by atoms with van der Waals surface area (Å²) < 4.78 is 6.42. The highest BCUT2D eigenvalue weighted by Gasteiger charge is 2.05. The average Bonchev–Trinajstić information content (AvgIpc) is 2.45. The second-order valence-corrected chi connectivity index (χ2v) is 5.66. The van der Waals surface area contributed by atoms with E-state index >= 15 is 0 Å². The number of hydrogen-bond donors (Lipinski definition) is 2. The fraction of sp³-hybridized carbons (Fsp3) is 0.188. The van der Waals surface area contributed by atoms with Gasteiger partial charge in [0.05, 0.1) is 6.61 Å². The van der Waals surface area contributed by atoms with Gasteiger partial charge in [-0.2, -0.15) is 0 Å². The van der Waals surface area contributed by atoms with E-state index in [-0.39, 0.29) is 12.5 Å². The molecule has 0 fully saturated rings. The molecular formula is C16H17BrN2O2. The van der Waals surface area contributed by atoms with Crippen LogP contribution in [0.25, 0.3) is 0 Å². The third kappa shape index (κ3) is 4.88. The lowest BCUT2D eigenvalue weighted by Gasteiger charge is -2.09. The average molecular weight is 349 g/mol. The SMILES string of the molecule is Cc1ccc(N)cc1NC(=O)COCc1ccc(Br)cc1. The molecular weight excluding hydrogens is 332 g/mol. The number of halogens is 1. The number of rotatable bonds is 5. The first kappa shape index (κ1) is 15.5. The van der Waals surface area contributed by atoms with E-state index in [1.54, 1.807) is 12.1 Å². The van der Waals surface area contributed by atoms with Gasteiger partial charge < -0.3 is 15.8 Å². The van der Waals surface area contributed by atoms with Crippen molar-refractivity contribution in [2.75, 3.05) is 17.7 Å². The third-order valence-electron chi connectivity index (χ3n) is 2.95. The Hall–Kier alpha value is -1.85. The Bertz CT molecular complexity index is 627. The van der Waals surface area contributed by atoms with Crippen LogP contribution in [-0.2, 0) is 16.1 Å². The summed E-state index contributed by atoms with van der Waals surface area (Å²) in [5, 5.41) is 2.79. The molecule has 1 amide bonds. The summed E-state index contributed by atoms with van der Waals surface area (Å²) in [6, 6.07) is 13.2. The van der Waals surface area contributed by atoms with Gasteiger partial charge >= 0.3 is 0 Å². The number of aryl methyl sites for hydroxylation is 1. The molecule has 0 aliphatic carbocycles. The minimum atomic E-state index is -0.194. The Morgan fingerprint density at radius 3 is 2.67 bits per heavy atom. The van der Waals surface area contributed by atoms with Crippen LogP contribution in [0.4, 0.5) is 11.4 Å². The standard InChI is InChI=1S/C16H17BrN2O2/c1-11-2-7-14(18)8-15(11)19-16(20)10-21-9-12-3-5-13(17)6-4-12/h2-8H,9-10,18H2,1H3,(H,19,20). The van der Waals surface area contributed by atoms with Crippen molar-refractivity contribution in [3.05, 3.63) is 58.1 Å². The first-order valence-electron chi connectivity index (χ1n) is 6.53. The quantitative estimate of drug-likeness (QED) is 0.812. The normalized spacial score (nSPS) is 10.4. The molecule has 0 atom stereocenters. The van der Waals surface area contributed by atoms with Gasteiger partial charge in [-0.1, -0.05) is 34.1 Å². The van der Waals surface area contributed by atoms with Crippen LogP contribution in [0.2, 0.25) is 0 Å². The summed E-state index contributed by atoms with van der Waals surface area (Å²) in [5.41, 5.74) is 9.02. The summed E-state index contributed by atoms with van der Waals surface area (Å²) in [6.07, 6.45) is 0. The predicted octanol–water partition coefficient (Wildman–Crippen LogP) is 3.50. The maximum Gasteiger partial charge on any atom is 0.250 e. The summed E-state index contributed by atoms with van der Waals surface area (Å²) in [6.45, 7) is 2.32. The van der Waals surface area contributed by atoms with E-state index in [1.165, 1.54) is 0 Å². The van der Waals surface area contributed by atoms with Crippen LogP contribution >= 0.6 is 15.9 Å². The number of benzene rings is 2. The Kier molecular flexibility index (Phi) is 5.36. The van der Waals surface area contributed by atoms with Gasteiger partial charge in [-0.05, 0) is 42.3 Å². The molecule has 0 bridgehead atoms. The number of nitrogen functional groups attached to an aromatic ring is 1. The molecule has 2 aromatic carbocycles. The highest BCUT2D eigenvalue weighted by atomic mass is 79.9. The molecule has 0 spiro atoms. The molecule has 5 heteroatoms. The molecule has 0 unspecified atom stereocenters. The minimum absolute atomic E-state index is 0.00427. The topological polar surface area (TPSA) is 64.3 Å². The largest absolute Gasteiger partial charge is 0.399 e. The summed E-state index contributed by atoms with van der Waals surface area (Å²) in [5.74, 6) is -0.194. The molecule has 0 heterocycles. The summed E-state index contributed by atoms with van der Waals surface area (Å²) in [7, 11) is 0. The second-order valence-electron chi connectivity index (χ2n) is 4.74. The van der Waals surface area contributed by atoms with Crippen molar-refractivity contribution in [2.45, 2.75) is 13.5 Å². The molecule has 2 aromatic rings. The molecule has 4 nitrogen and oxygen atoms in total. The number of hydrogen-bond acceptors (Lipinski definition) is 3. The Morgan fingerprint density at radius 2 is 1.95 bits per heavy atom. The first-order valence-corrected chi connectivity index (χ1v) is 7.32. The van der Waals surface area contributed by atoms with Crippen molar-refractivity contribution in [3.8, 4) is 0 Å². The lowest BCUT2D eigenvalue weighted by Crippen LogP contribution is -2.18. The molecule has 110 valence electrons. The van der Waals surface area contributed by atoms with Gasteiger partial charge in [-0.25, -0.2) is 0 Å². The molecule has 0 saturated carbocycles. The molecule has 3 N–H and O–H groups in total. The van der Waals surface area contributed by atoms with Crippen LogP contribution in [0.15, 0.2) is 46.9 Å². The van der Waals surface area contributed by atoms with Gasteiger partial charge in [0.25, 0.3) is 0 Å². The van der Waals surface area contributed by atoms with Crippen LogP contribution in [0.5, 0.6) is 0 Å². The Morgan fingerprint density at radius 1 is 1.24 bits per heavy atom. The maximum absolute atomic E-state index is 11.8. The zero-order valence-electron chi connectivity index (χ0n) is 11.7. The number of amides is 1. The van der Waals surface area contributed by atoms with E-state index in [0.29, 0.717) is 18.0 Å². The molecule has 2 rings (SSSR count). The number of nitrogens with two attached hydrogens (primary N) is 1. The highest BCUT2D eigenvalue weighted by Crippen LogP contribution is 2.18. The molecule has 21 heavy (non-hydrogen) atoms. The lowest BCUT2D eigenvalue weighted by atomic mass is 10.2. The molecule has 0 aliphatic heterocycles. The molecule has 0 saturated heterocycles. The van der Waals surface area contributed by atoms with Crippen molar-refractivity contribution in [2.24, 2.45) is 0 Å². The lowest BCUT2D eigenvalue weighted by molar-refractivity contribution is -0.121. The van der Waals surface area contributed by atoms with E-state index in [2.05, 4.69) is 21.2 Å². The zero-order valence-corrected chi connectivity index (χ0v) is 13.3. The van der Waals surface area contributed by atoms with Gasteiger partial charge in [0.15, 0.2) is 0 Å².